The summed E-state index contributed by atoms with van der Waals surface area (Å²) in [5.41, 5.74) is 3.54. The zero-order chi connectivity index (χ0) is 19.8. The highest BCUT2D eigenvalue weighted by Gasteiger charge is 2.16. The van der Waals surface area contributed by atoms with Gasteiger partial charge in [0, 0.05) is 23.4 Å². The molecule has 0 spiro atoms. The Morgan fingerprint density at radius 3 is 2.92 bits per heavy atom. The second-order valence-corrected chi connectivity index (χ2v) is 6.73. The van der Waals surface area contributed by atoms with Crippen LogP contribution in [0, 0.1) is 13.8 Å². The fraction of sp³-hybridized carbons (Fsp3) is 0.294. The Bertz CT molecular complexity index is 1020. The van der Waals surface area contributed by atoms with E-state index in [-0.39, 0.29) is 16.7 Å². The van der Waals surface area contributed by atoms with Crippen molar-refractivity contribution in [1.29, 1.82) is 0 Å². The van der Waals surface area contributed by atoms with Crippen LogP contribution in [0.2, 0.25) is 0 Å². The molecule has 0 saturated carbocycles. The Labute approximate surface area is 146 Å². The van der Waals surface area contributed by atoms with Gasteiger partial charge in [-0.15, -0.1) is 0 Å². The molecule has 3 aromatic rings. The van der Waals surface area contributed by atoms with Gasteiger partial charge in [-0.2, -0.15) is 0 Å². The summed E-state index contributed by atoms with van der Waals surface area (Å²) in [7, 11) is -2.40. The highest BCUT2D eigenvalue weighted by molar-refractivity contribution is 7.84. The molecule has 0 aliphatic heterocycles. The smallest absolute Gasteiger partial charge is 0.197 e. The molecular formula is C17H19N3O3S. The Hall–Kier alpha value is -2.41. The topological polar surface area (TPSA) is 77.1 Å². The largest absolute Gasteiger partial charge is 0.497 e. The molecule has 0 amide bonds. The summed E-state index contributed by atoms with van der Waals surface area (Å²) in [4.78, 5) is 11.7. The summed E-state index contributed by atoms with van der Waals surface area (Å²) < 4.78 is 44.5. The standard InChI is InChI=1S/C17H19N3O3S/c1-10-8-18-15(11(2)16(10)23-4)9-24(21)17-19-13-6-5-12(22-3)7-14(13)20-17/h5-8H,9H2,1-4H3,(H,19,20)/i3D3. The quantitative estimate of drug-likeness (QED) is 0.767. The maximum absolute atomic E-state index is 12.7. The highest BCUT2D eigenvalue weighted by Crippen LogP contribution is 2.26. The number of rotatable bonds is 5. The van der Waals surface area contributed by atoms with E-state index in [9.17, 15) is 4.21 Å². The number of aromatic nitrogens is 3. The number of nitrogens with zero attached hydrogens (tertiary/aromatic N) is 2. The molecule has 0 aliphatic carbocycles. The fourth-order valence-corrected chi connectivity index (χ4v) is 3.65. The van der Waals surface area contributed by atoms with Crippen molar-refractivity contribution >= 4 is 21.8 Å². The van der Waals surface area contributed by atoms with Crippen molar-refractivity contribution < 1.29 is 17.8 Å². The van der Waals surface area contributed by atoms with Crippen LogP contribution in [0.4, 0.5) is 0 Å². The van der Waals surface area contributed by atoms with Crippen LogP contribution >= 0.6 is 0 Å². The molecule has 126 valence electrons. The van der Waals surface area contributed by atoms with Crippen molar-refractivity contribution in [1.82, 2.24) is 15.0 Å². The van der Waals surface area contributed by atoms with Crippen molar-refractivity contribution in [3.63, 3.8) is 0 Å². The summed E-state index contributed by atoms with van der Waals surface area (Å²) in [6.07, 6.45) is 1.69. The van der Waals surface area contributed by atoms with Gasteiger partial charge in [0.25, 0.3) is 0 Å². The molecule has 1 aromatic carbocycles. The molecule has 0 fully saturated rings. The lowest BCUT2D eigenvalue weighted by Crippen LogP contribution is -2.05. The average molecular weight is 348 g/mol. The SMILES string of the molecule is [2H]C([2H])([2H])Oc1ccc2nc(S(=O)Cc3ncc(C)c(OC)c3C)[nH]c2c1. The summed E-state index contributed by atoms with van der Waals surface area (Å²) in [6.45, 7) is 3.78. The van der Waals surface area contributed by atoms with Gasteiger partial charge in [-0.1, -0.05) is 0 Å². The van der Waals surface area contributed by atoms with Gasteiger partial charge >= 0.3 is 0 Å². The Kier molecular flexibility index (Phi) is 3.56. The number of imidazole rings is 1. The minimum atomic E-state index is -2.53. The minimum absolute atomic E-state index is 0.181. The number of hydrogen-bond donors (Lipinski definition) is 1. The first-order valence-corrected chi connectivity index (χ1v) is 8.56. The molecule has 2 aromatic heterocycles. The van der Waals surface area contributed by atoms with E-state index in [1.807, 2.05) is 13.8 Å². The van der Waals surface area contributed by atoms with Crippen molar-refractivity contribution in [2.24, 2.45) is 0 Å². The van der Waals surface area contributed by atoms with E-state index in [0.29, 0.717) is 16.7 Å². The summed E-state index contributed by atoms with van der Waals surface area (Å²) in [6, 6.07) is 4.65. The van der Waals surface area contributed by atoms with Gasteiger partial charge in [0.05, 0.1) is 51.5 Å². The zero-order valence-electron chi connectivity index (χ0n) is 16.5. The molecule has 1 unspecified atom stereocenters. The highest BCUT2D eigenvalue weighted by atomic mass is 32.2. The lowest BCUT2D eigenvalue weighted by Gasteiger charge is -2.11. The number of hydrogen-bond acceptors (Lipinski definition) is 5. The Morgan fingerprint density at radius 1 is 1.33 bits per heavy atom. The number of nitrogens with one attached hydrogen (secondary N) is 1. The summed E-state index contributed by atoms with van der Waals surface area (Å²) >= 11 is 0. The van der Waals surface area contributed by atoms with E-state index in [4.69, 9.17) is 13.6 Å². The molecule has 6 nitrogen and oxygen atoms in total. The lowest BCUT2D eigenvalue weighted by molar-refractivity contribution is 0.407. The van der Waals surface area contributed by atoms with E-state index in [1.54, 1.807) is 19.4 Å². The first-order chi connectivity index (χ1) is 12.7. The van der Waals surface area contributed by atoms with Crippen molar-refractivity contribution in [3.05, 3.63) is 41.2 Å². The van der Waals surface area contributed by atoms with Crippen molar-refractivity contribution in [2.75, 3.05) is 14.1 Å². The van der Waals surface area contributed by atoms with Crippen LogP contribution < -0.4 is 9.47 Å². The monoisotopic (exact) mass is 348 g/mol. The molecule has 0 bridgehead atoms. The molecular weight excluding hydrogens is 326 g/mol. The summed E-state index contributed by atoms with van der Waals surface area (Å²) in [5.74, 6) is 1.10. The predicted molar refractivity (Wildman–Crippen MR) is 93.0 cm³/mol. The lowest BCUT2D eigenvalue weighted by atomic mass is 10.1. The van der Waals surface area contributed by atoms with Crippen LogP contribution in [-0.4, -0.2) is 33.3 Å². The third-order valence-electron chi connectivity index (χ3n) is 3.78. The average Bonchev–Trinajstić information content (AvgIpc) is 3.00. The number of fused-ring (bicyclic) bond motifs is 1. The van der Waals surface area contributed by atoms with Gasteiger partial charge in [-0.25, -0.2) is 4.98 Å². The first-order valence-electron chi connectivity index (χ1n) is 8.74. The van der Waals surface area contributed by atoms with Gasteiger partial charge in [0.15, 0.2) is 5.16 Å². The zero-order valence-corrected chi connectivity index (χ0v) is 14.4. The maximum atomic E-state index is 12.7. The van der Waals surface area contributed by atoms with E-state index < -0.39 is 17.8 Å². The Morgan fingerprint density at radius 2 is 2.17 bits per heavy atom. The van der Waals surface area contributed by atoms with Crippen LogP contribution in [0.15, 0.2) is 29.6 Å². The van der Waals surface area contributed by atoms with E-state index in [1.165, 1.54) is 12.1 Å². The van der Waals surface area contributed by atoms with Gasteiger partial charge in [-0.3, -0.25) is 9.19 Å². The second kappa shape index (κ2) is 6.60. The summed E-state index contributed by atoms with van der Waals surface area (Å²) in [5, 5.41) is 0.289. The van der Waals surface area contributed by atoms with Crippen molar-refractivity contribution in [2.45, 2.75) is 24.8 Å². The molecule has 7 heteroatoms. The third-order valence-corrected chi connectivity index (χ3v) is 4.94. The van der Waals surface area contributed by atoms with Gasteiger partial charge in [0.1, 0.15) is 11.5 Å². The number of benzene rings is 1. The molecule has 0 radical (unpaired) electrons. The number of H-pyrrole nitrogens is 1. The number of aromatic amines is 1. The normalized spacial score (nSPS) is 14.7. The first kappa shape index (κ1) is 12.9. The minimum Gasteiger partial charge on any atom is -0.497 e. The molecule has 24 heavy (non-hydrogen) atoms. The number of ether oxygens (including phenoxy) is 2. The van der Waals surface area contributed by atoms with Gasteiger partial charge < -0.3 is 14.5 Å². The molecule has 1 N–H and O–H groups in total. The Balaban J connectivity index is 1.86. The maximum Gasteiger partial charge on any atom is 0.197 e. The molecule has 0 aliphatic rings. The van der Waals surface area contributed by atoms with E-state index >= 15 is 0 Å². The third kappa shape index (κ3) is 2.99. The van der Waals surface area contributed by atoms with Crippen molar-refractivity contribution in [3.8, 4) is 11.5 Å². The molecule has 2 heterocycles. The van der Waals surface area contributed by atoms with Crippen LogP contribution in [-0.2, 0) is 16.6 Å². The molecule has 3 rings (SSSR count). The van der Waals surface area contributed by atoms with Crippen LogP contribution in [0.1, 0.15) is 20.9 Å². The predicted octanol–water partition coefficient (Wildman–Crippen LogP) is 2.90. The van der Waals surface area contributed by atoms with Gasteiger partial charge in [0.2, 0.25) is 0 Å². The molecule has 1 atom stereocenters. The number of aryl methyl sites for hydroxylation is 1. The molecule has 0 saturated heterocycles. The van der Waals surface area contributed by atoms with E-state index in [2.05, 4.69) is 15.0 Å². The number of methoxy groups -OCH3 is 2. The van der Waals surface area contributed by atoms with Crippen LogP contribution in [0.3, 0.4) is 0 Å². The van der Waals surface area contributed by atoms with Crippen LogP contribution in [0.5, 0.6) is 11.5 Å². The van der Waals surface area contributed by atoms with Gasteiger partial charge in [-0.05, 0) is 26.0 Å². The second-order valence-electron chi connectivity index (χ2n) is 5.36. The van der Waals surface area contributed by atoms with E-state index in [0.717, 1.165) is 16.9 Å². The van der Waals surface area contributed by atoms with Crippen LogP contribution in [0.25, 0.3) is 11.0 Å². The fourth-order valence-electron chi connectivity index (χ4n) is 2.55. The number of pyridine rings is 1.